The summed E-state index contributed by atoms with van der Waals surface area (Å²) in [6, 6.07) is 0.615. The van der Waals surface area contributed by atoms with E-state index in [-0.39, 0.29) is 40.2 Å². The van der Waals surface area contributed by atoms with Gasteiger partial charge in [0, 0.05) is 81.2 Å². The summed E-state index contributed by atoms with van der Waals surface area (Å²) in [4.78, 5) is 39.2. The van der Waals surface area contributed by atoms with Gasteiger partial charge in [0.1, 0.15) is 15.3 Å². The van der Waals surface area contributed by atoms with Crippen LogP contribution >= 0.6 is 46.2 Å². The molecule has 2 N–H and O–H groups in total. The Labute approximate surface area is 261 Å². The molecule has 4 aromatic rings. The van der Waals surface area contributed by atoms with Crippen LogP contribution in [0.1, 0.15) is 19.4 Å². The van der Waals surface area contributed by atoms with Crippen molar-refractivity contribution in [1.29, 1.82) is 0 Å². The molecule has 0 unspecified atom stereocenters. The van der Waals surface area contributed by atoms with Crippen molar-refractivity contribution in [3.63, 3.8) is 0 Å². The second-order valence-electron chi connectivity index (χ2n) is 11.5. The number of amides is 1. The molecule has 0 bridgehead atoms. The van der Waals surface area contributed by atoms with Crippen LogP contribution in [0.15, 0.2) is 33.8 Å². The summed E-state index contributed by atoms with van der Waals surface area (Å²) in [5.74, 6) is 2.24. The van der Waals surface area contributed by atoms with Gasteiger partial charge in [0.25, 0.3) is 0 Å². The molecule has 43 heavy (non-hydrogen) atoms. The van der Waals surface area contributed by atoms with Crippen LogP contribution in [0.5, 0.6) is 0 Å². The average Bonchev–Trinajstić information content (AvgIpc) is 3.41. The summed E-state index contributed by atoms with van der Waals surface area (Å²) in [5, 5.41) is 2.29. The number of piperazine rings is 1. The fourth-order valence-electron chi connectivity index (χ4n) is 6.54. The maximum atomic E-state index is 15.1. The fraction of sp³-hybridized carbons (Fsp3) is 0.429. The minimum absolute atomic E-state index is 0.0408. The van der Waals surface area contributed by atoms with Crippen LogP contribution in [-0.4, -0.2) is 67.8 Å². The van der Waals surface area contributed by atoms with E-state index >= 15 is 13.2 Å². The first-order valence-electron chi connectivity index (χ1n) is 13.6. The molecule has 226 valence electrons. The number of halogens is 3. The van der Waals surface area contributed by atoms with Gasteiger partial charge in [-0.15, -0.1) is 23.1 Å². The largest absolute Gasteiger partial charge is 0.417 e. The van der Waals surface area contributed by atoms with Gasteiger partial charge < -0.3 is 15.5 Å². The monoisotopic (exact) mass is 664 g/mol. The van der Waals surface area contributed by atoms with Gasteiger partial charge in [-0.05, 0) is 26.0 Å². The van der Waals surface area contributed by atoms with Crippen molar-refractivity contribution in [1.82, 2.24) is 19.4 Å². The molecule has 3 aliphatic rings. The molecule has 0 saturated carbocycles. The molecule has 0 radical (unpaired) electrons. The molecule has 2 fully saturated rings. The number of nitrogens with two attached hydrogens (primary N) is 1. The highest BCUT2D eigenvalue weighted by molar-refractivity contribution is 8.01. The van der Waals surface area contributed by atoms with E-state index in [0.717, 1.165) is 21.6 Å². The first-order chi connectivity index (χ1) is 20.4. The predicted octanol–water partition coefficient (Wildman–Crippen LogP) is 5.79. The third-order valence-electron chi connectivity index (χ3n) is 8.41. The highest BCUT2D eigenvalue weighted by atomic mass is 32.2. The number of thiophene rings is 1. The van der Waals surface area contributed by atoms with E-state index in [1.54, 1.807) is 26.6 Å². The van der Waals surface area contributed by atoms with Crippen LogP contribution in [0.2, 0.25) is 0 Å². The van der Waals surface area contributed by atoms with E-state index in [1.165, 1.54) is 40.5 Å². The molecule has 7 rings (SSSR count). The van der Waals surface area contributed by atoms with Crippen molar-refractivity contribution < 1.29 is 18.0 Å². The minimum Gasteiger partial charge on any atom is -0.375 e. The molecule has 1 spiro atoms. The third-order valence-corrected chi connectivity index (χ3v) is 13.5. The maximum Gasteiger partial charge on any atom is 0.417 e. The van der Waals surface area contributed by atoms with Gasteiger partial charge in [-0.25, -0.2) is 9.78 Å². The molecule has 3 aromatic heterocycles. The summed E-state index contributed by atoms with van der Waals surface area (Å²) < 4.78 is 47.6. The number of fused-ring (bicyclic) bond motifs is 1. The molecule has 2 saturated heterocycles. The second kappa shape index (κ2) is 10.1. The van der Waals surface area contributed by atoms with Crippen molar-refractivity contribution in [2.45, 2.75) is 43.5 Å². The van der Waals surface area contributed by atoms with Gasteiger partial charge in [-0.1, -0.05) is 17.9 Å². The number of thiazole rings is 1. The van der Waals surface area contributed by atoms with Crippen molar-refractivity contribution in [2.24, 2.45) is 5.41 Å². The highest BCUT2D eigenvalue weighted by Crippen LogP contribution is 2.54. The summed E-state index contributed by atoms with van der Waals surface area (Å²) >= 11 is 5.73. The highest BCUT2D eigenvalue weighted by Gasteiger charge is 2.44. The SMILES string of the molecule is C=CC(=O)N1[C@H](C)CN(c2nc(=O)n3c4c(c(-c5csc6sc(N)nc56)c(C(F)(F)F)cc24)SCC2(CSC2)C3)C[C@@H]1C. The average molecular weight is 665 g/mol. The molecule has 1 aromatic carbocycles. The Hall–Kier alpha value is -2.75. The molecule has 6 heterocycles. The third kappa shape index (κ3) is 4.56. The lowest BCUT2D eigenvalue weighted by Crippen LogP contribution is -2.58. The Kier molecular flexibility index (Phi) is 6.84. The van der Waals surface area contributed by atoms with Gasteiger partial charge in [-0.3, -0.25) is 9.36 Å². The number of thioether (sulfide) groups is 2. The zero-order chi connectivity index (χ0) is 30.4. The maximum absolute atomic E-state index is 15.1. The van der Waals surface area contributed by atoms with Crippen LogP contribution < -0.4 is 16.3 Å². The van der Waals surface area contributed by atoms with Crippen molar-refractivity contribution >= 4 is 83.5 Å². The van der Waals surface area contributed by atoms with E-state index in [0.29, 0.717) is 52.0 Å². The van der Waals surface area contributed by atoms with Crippen molar-refractivity contribution in [3.05, 3.63) is 40.1 Å². The van der Waals surface area contributed by atoms with Crippen molar-refractivity contribution in [3.8, 4) is 11.1 Å². The molecule has 2 atom stereocenters. The smallest absolute Gasteiger partial charge is 0.375 e. The number of carbonyl (C=O) groups excluding carboxylic acids is 1. The molecule has 3 aliphatic heterocycles. The first kappa shape index (κ1) is 29.0. The zero-order valence-electron chi connectivity index (χ0n) is 23.2. The molecular weight excluding hydrogens is 638 g/mol. The van der Waals surface area contributed by atoms with E-state index < -0.39 is 17.4 Å². The number of nitrogen functional groups attached to an aromatic ring is 1. The van der Waals surface area contributed by atoms with Gasteiger partial charge in [0.05, 0.1) is 11.1 Å². The van der Waals surface area contributed by atoms with Crippen LogP contribution in [0.25, 0.3) is 31.6 Å². The fourth-order valence-corrected chi connectivity index (χ4v) is 11.3. The minimum atomic E-state index is -4.69. The van der Waals surface area contributed by atoms with E-state index in [4.69, 9.17) is 5.73 Å². The lowest BCUT2D eigenvalue weighted by atomic mass is 9.93. The number of rotatable bonds is 3. The Morgan fingerprint density at radius 1 is 1.19 bits per heavy atom. The molecule has 8 nitrogen and oxygen atoms in total. The summed E-state index contributed by atoms with van der Waals surface area (Å²) in [7, 11) is 0. The topological polar surface area (TPSA) is 97.4 Å². The summed E-state index contributed by atoms with van der Waals surface area (Å²) in [6.45, 7) is 8.37. The first-order valence-corrected chi connectivity index (χ1v) is 17.5. The van der Waals surface area contributed by atoms with E-state index in [9.17, 15) is 9.59 Å². The number of hydrogen-bond acceptors (Lipinski definition) is 10. The molecule has 15 heteroatoms. The number of aromatic nitrogens is 3. The Morgan fingerprint density at radius 3 is 2.53 bits per heavy atom. The standard InChI is InChI=1S/C28H27F3N6O2S4/c1-4-18(38)37-13(2)6-35(7-14(37)3)23-15-5-17(28(29,30)31)19(16-8-41-24-20(16)33-25(32)43-24)22-21(15)36(26(39)34-23)9-27(12-42-22)10-40-11-27/h4-5,8,13-14H,1,6-7,9-12H2,2-3H3,(H2,32,33)/t13-,14+. The Bertz CT molecular complexity index is 1870. The second-order valence-corrected chi connectivity index (χ2v) is 15.6. The van der Waals surface area contributed by atoms with Crippen LogP contribution in [0.3, 0.4) is 0 Å². The zero-order valence-corrected chi connectivity index (χ0v) is 26.5. The normalized spacial score (nSPS) is 21.8. The van der Waals surface area contributed by atoms with Crippen molar-refractivity contribution in [2.75, 3.05) is 41.0 Å². The van der Waals surface area contributed by atoms with Gasteiger partial charge in [0.2, 0.25) is 5.91 Å². The Morgan fingerprint density at radius 2 is 1.91 bits per heavy atom. The van der Waals surface area contributed by atoms with Crippen LogP contribution in [0.4, 0.5) is 24.1 Å². The predicted molar refractivity (Wildman–Crippen MR) is 171 cm³/mol. The Balaban J connectivity index is 1.52. The van der Waals surface area contributed by atoms with Gasteiger partial charge >= 0.3 is 11.9 Å². The van der Waals surface area contributed by atoms with Crippen LogP contribution in [0, 0.1) is 5.41 Å². The number of hydrogen-bond donors (Lipinski definition) is 1. The van der Waals surface area contributed by atoms with E-state index in [2.05, 4.69) is 16.5 Å². The number of alkyl halides is 3. The number of nitrogens with zero attached hydrogens (tertiary/aromatic N) is 5. The van der Waals surface area contributed by atoms with Gasteiger partial charge in [0.15, 0.2) is 5.13 Å². The molecular formula is C28H27F3N6O2S4. The van der Waals surface area contributed by atoms with Gasteiger partial charge in [-0.2, -0.15) is 29.9 Å². The molecule has 1 amide bonds. The molecule has 0 aliphatic carbocycles. The summed E-state index contributed by atoms with van der Waals surface area (Å²) in [5.41, 5.74) is 5.82. The summed E-state index contributed by atoms with van der Waals surface area (Å²) in [6.07, 6.45) is -3.43. The van der Waals surface area contributed by atoms with Crippen LogP contribution in [-0.2, 0) is 17.5 Å². The van der Waals surface area contributed by atoms with E-state index in [1.807, 2.05) is 18.7 Å². The number of benzene rings is 1. The number of anilines is 2. The number of carbonyl (C=O) groups is 1. The lowest BCUT2D eigenvalue weighted by molar-refractivity contribution is -0.137. The quantitative estimate of drug-likeness (QED) is 0.275. The lowest BCUT2D eigenvalue weighted by Gasteiger charge is -2.44.